The molecule has 0 bridgehead atoms. The molecule has 110 valence electrons. The van der Waals surface area contributed by atoms with Crippen molar-refractivity contribution in [3.63, 3.8) is 0 Å². The minimum Gasteiger partial charge on any atom is -0.379 e. The third kappa shape index (κ3) is 2.50. The lowest BCUT2D eigenvalue weighted by atomic mass is 9.79. The topological polar surface area (TPSA) is 23.5 Å². The molecule has 2 nitrogen and oxygen atoms in total. The molecular formula is C19H23NO. The van der Waals surface area contributed by atoms with Gasteiger partial charge in [0, 0.05) is 6.04 Å². The van der Waals surface area contributed by atoms with Crippen LogP contribution in [0.2, 0.25) is 0 Å². The lowest BCUT2D eigenvalue weighted by Crippen LogP contribution is -2.48. The standard InChI is InChI=1S/C19H23NO/c1-2-20-15-9-14-18(20)19(21,16-10-5-3-6-11-16)17-12-7-4-8-13-17/h3-8,10-13,18,21H,2,9,14-15H2,1H3/t18-/m1/s1. The molecule has 2 heteroatoms. The maximum atomic E-state index is 11.7. The molecule has 1 atom stereocenters. The second-order valence-corrected chi connectivity index (χ2v) is 5.79. The van der Waals surface area contributed by atoms with E-state index >= 15 is 0 Å². The Kier molecular flexibility index (Phi) is 4.09. The second-order valence-electron chi connectivity index (χ2n) is 5.79. The lowest BCUT2D eigenvalue weighted by molar-refractivity contribution is -0.00207. The zero-order valence-electron chi connectivity index (χ0n) is 12.6. The van der Waals surface area contributed by atoms with Gasteiger partial charge in [-0.1, -0.05) is 67.6 Å². The fourth-order valence-corrected chi connectivity index (χ4v) is 3.61. The molecular weight excluding hydrogens is 258 g/mol. The lowest BCUT2D eigenvalue weighted by Gasteiger charge is -2.39. The molecule has 1 fully saturated rings. The van der Waals surface area contributed by atoms with Crippen LogP contribution >= 0.6 is 0 Å². The number of hydrogen-bond donors (Lipinski definition) is 1. The summed E-state index contributed by atoms with van der Waals surface area (Å²) in [6.45, 7) is 4.23. The average molecular weight is 281 g/mol. The maximum absolute atomic E-state index is 11.7. The van der Waals surface area contributed by atoms with E-state index in [0.29, 0.717) is 0 Å². The van der Waals surface area contributed by atoms with Crippen molar-refractivity contribution in [1.82, 2.24) is 4.90 Å². The SMILES string of the molecule is CCN1CCC[C@@H]1C(O)(c1ccccc1)c1ccccc1. The Morgan fingerprint density at radius 1 is 1.00 bits per heavy atom. The predicted octanol–water partition coefficient (Wildman–Crippen LogP) is 3.41. The number of aliphatic hydroxyl groups is 1. The van der Waals surface area contributed by atoms with E-state index in [1.165, 1.54) is 0 Å². The van der Waals surface area contributed by atoms with Gasteiger partial charge >= 0.3 is 0 Å². The largest absolute Gasteiger partial charge is 0.379 e. The third-order valence-electron chi connectivity index (χ3n) is 4.68. The molecule has 0 aromatic heterocycles. The van der Waals surface area contributed by atoms with Gasteiger partial charge in [0.15, 0.2) is 0 Å². The first kappa shape index (κ1) is 14.3. The summed E-state index contributed by atoms with van der Waals surface area (Å²) in [5.41, 5.74) is 1.04. The summed E-state index contributed by atoms with van der Waals surface area (Å²) < 4.78 is 0. The summed E-state index contributed by atoms with van der Waals surface area (Å²) >= 11 is 0. The highest BCUT2D eigenvalue weighted by Gasteiger charge is 2.44. The molecule has 0 unspecified atom stereocenters. The highest BCUT2D eigenvalue weighted by Crippen LogP contribution is 2.39. The van der Waals surface area contributed by atoms with E-state index in [0.717, 1.165) is 37.1 Å². The van der Waals surface area contributed by atoms with Gasteiger partial charge in [-0.25, -0.2) is 0 Å². The Bertz CT molecular complexity index is 527. The van der Waals surface area contributed by atoms with Gasteiger partial charge in [0.05, 0.1) is 0 Å². The molecule has 0 spiro atoms. The molecule has 2 aromatic carbocycles. The van der Waals surface area contributed by atoms with Crippen LogP contribution in [-0.2, 0) is 5.60 Å². The summed E-state index contributed by atoms with van der Waals surface area (Å²) in [7, 11) is 0. The molecule has 0 radical (unpaired) electrons. The first-order chi connectivity index (χ1) is 10.3. The van der Waals surface area contributed by atoms with Crippen molar-refractivity contribution in [2.75, 3.05) is 13.1 Å². The molecule has 0 amide bonds. The predicted molar refractivity (Wildman–Crippen MR) is 86.2 cm³/mol. The Hall–Kier alpha value is -1.64. The monoisotopic (exact) mass is 281 g/mol. The van der Waals surface area contributed by atoms with Crippen LogP contribution in [-0.4, -0.2) is 29.1 Å². The van der Waals surface area contributed by atoms with E-state index in [1.807, 2.05) is 60.7 Å². The van der Waals surface area contributed by atoms with Crippen molar-refractivity contribution >= 4 is 0 Å². The molecule has 2 aromatic rings. The summed E-state index contributed by atoms with van der Waals surface area (Å²) in [5, 5.41) is 11.7. The normalized spacial score (nSPS) is 19.8. The van der Waals surface area contributed by atoms with Gasteiger partial charge < -0.3 is 5.11 Å². The first-order valence-electron chi connectivity index (χ1n) is 7.84. The van der Waals surface area contributed by atoms with Gasteiger partial charge in [-0.15, -0.1) is 0 Å². The third-order valence-corrected chi connectivity index (χ3v) is 4.68. The van der Waals surface area contributed by atoms with Crippen LogP contribution in [0.15, 0.2) is 60.7 Å². The molecule has 0 aliphatic carbocycles. The number of hydrogen-bond acceptors (Lipinski definition) is 2. The van der Waals surface area contributed by atoms with E-state index < -0.39 is 5.60 Å². The van der Waals surface area contributed by atoms with Crippen LogP contribution in [0.25, 0.3) is 0 Å². The van der Waals surface area contributed by atoms with Crippen molar-refractivity contribution < 1.29 is 5.11 Å². The van der Waals surface area contributed by atoms with Crippen molar-refractivity contribution in [1.29, 1.82) is 0 Å². The minimum atomic E-state index is -0.935. The van der Waals surface area contributed by atoms with Gasteiger partial charge in [0.1, 0.15) is 5.60 Å². The molecule has 1 saturated heterocycles. The van der Waals surface area contributed by atoms with E-state index in [4.69, 9.17) is 0 Å². The van der Waals surface area contributed by atoms with Crippen LogP contribution in [0.1, 0.15) is 30.9 Å². The smallest absolute Gasteiger partial charge is 0.130 e. The first-order valence-corrected chi connectivity index (χ1v) is 7.84. The zero-order valence-corrected chi connectivity index (χ0v) is 12.6. The Labute approximate surface area is 127 Å². The summed E-state index contributed by atoms with van der Waals surface area (Å²) in [6, 6.07) is 20.3. The minimum absolute atomic E-state index is 0.146. The van der Waals surface area contributed by atoms with Gasteiger partial charge in [-0.3, -0.25) is 4.90 Å². The van der Waals surface area contributed by atoms with Gasteiger partial charge in [-0.05, 0) is 37.1 Å². The summed E-state index contributed by atoms with van der Waals surface area (Å²) in [4.78, 5) is 2.40. The number of likely N-dealkylation sites (N-methyl/N-ethyl adjacent to an activating group) is 1. The highest BCUT2D eigenvalue weighted by molar-refractivity contribution is 5.38. The molecule has 3 rings (SSSR count). The van der Waals surface area contributed by atoms with E-state index in [-0.39, 0.29) is 6.04 Å². The number of rotatable bonds is 4. The number of nitrogens with zero attached hydrogens (tertiary/aromatic N) is 1. The second kappa shape index (κ2) is 6.00. The van der Waals surface area contributed by atoms with E-state index in [1.54, 1.807) is 0 Å². The zero-order chi connectivity index (χ0) is 14.7. The van der Waals surface area contributed by atoms with Gasteiger partial charge in [0.25, 0.3) is 0 Å². The number of benzene rings is 2. The molecule has 1 N–H and O–H groups in total. The Morgan fingerprint density at radius 3 is 2.00 bits per heavy atom. The fraction of sp³-hybridized carbons (Fsp3) is 0.368. The molecule has 0 saturated carbocycles. The molecule has 21 heavy (non-hydrogen) atoms. The van der Waals surface area contributed by atoms with Crippen molar-refractivity contribution in [3.8, 4) is 0 Å². The van der Waals surface area contributed by atoms with Gasteiger partial charge in [0.2, 0.25) is 0 Å². The van der Waals surface area contributed by atoms with Crippen LogP contribution in [0.3, 0.4) is 0 Å². The van der Waals surface area contributed by atoms with E-state index in [2.05, 4.69) is 11.8 Å². The maximum Gasteiger partial charge on any atom is 0.130 e. The average Bonchev–Trinajstić information content (AvgIpc) is 3.05. The Balaban J connectivity index is 2.11. The summed E-state index contributed by atoms with van der Waals surface area (Å²) in [6.07, 6.45) is 2.19. The van der Waals surface area contributed by atoms with Crippen molar-refractivity contribution in [2.45, 2.75) is 31.4 Å². The van der Waals surface area contributed by atoms with Crippen LogP contribution in [0.4, 0.5) is 0 Å². The number of likely N-dealkylation sites (tertiary alicyclic amines) is 1. The van der Waals surface area contributed by atoms with Crippen molar-refractivity contribution in [3.05, 3.63) is 71.8 Å². The molecule has 1 aliphatic heterocycles. The van der Waals surface area contributed by atoms with Crippen molar-refractivity contribution in [2.24, 2.45) is 0 Å². The summed E-state index contributed by atoms with van der Waals surface area (Å²) in [5.74, 6) is 0. The molecule has 1 aliphatic rings. The van der Waals surface area contributed by atoms with Crippen LogP contribution in [0, 0.1) is 0 Å². The Morgan fingerprint density at radius 2 is 1.52 bits per heavy atom. The molecule has 1 heterocycles. The highest BCUT2D eigenvalue weighted by atomic mass is 16.3. The quantitative estimate of drug-likeness (QED) is 0.928. The van der Waals surface area contributed by atoms with Crippen LogP contribution < -0.4 is 0 Å². The van der Waals surface area contributed by atoms with E-state index in [9.17, 15) is 5.11 Å². The van der Waals surface area contributed by atoms with Crippen LogP contribution in [0.5, 0.6) is 0 Å². The fourth-order valence-electron chi connectivity index (χ4n) is 3.61. The van der Waals surface area contributed by atoms with Gasteiger partial charge in [-0.2, -0.15) is 0 Å².